The lowest BCUT2D eigenvalue weighted by molar-refractivity contribution is 0.244. The van der Waals surface area contributed by atoms with Gasteiger partial charge in [-0.2, -0.15) is 12.6 Å². The molecule has 6 heteroatoms. The van der Waals surface area contributed by atoms with Crippen LogP contribution in [0.1, 0.15) is 25.7 Å². The molecule has 0 bridgehead atoms. The molecule has 0 spiro atoms. The minimum atomic E-state index is 0.733. The third-order valence-electron chi connectivity index (χ3n) is 4.81. The van der Waals surface area contributed by atoms with Crippen LogP contribution in [-0.4, -0.2) is 57.7 Å². The summed E-state index contributed by atoms with van der Waals surface area (Å²) in [6.07, 6.45) is 4.31. The van der Waals surface area contributed by atoms with E-state index < -0.39 is 0 Å². The van der Waals surface area contributed by atoms with E-state index in [1.807, 2.05) is 48.5 Å². The predicted octanol–water partition coefficient (Wildman–Crippen LogP) is 4.95. The molecule has 0 fully saturated rings. The molecule has 0 unspecified atom stereocenters. The number of thiol groups is 1. The number of ether oxygens (including phenoxy) is 4. The highest BCUT2D eigenvalue weighted by atomic mass is 32.1. The molecule has 5 nitrogen and oxygen atoms in total. The van der Waals surface area contributed by atoms with Gasteiger partial charge in [0.2, 0.25) is 0 Å². The Kier molecular flexibility index (Phi) is 12.0. The molecular formula is C24H35NO4S. The molecule has 0 aliphatic rings. The standard InChI is InChI=1S/C24H35NO4S/c1-26-21-7-11-23(12-8-21)28-18-5-3-15-25(17-20-30)16-4-6-19-29-24-13-9-22(27-2)10-14-24/h7-14,30H,3-6,15-20H2,1-2H3. The van der Waals surface area contributed by atoms with E-state index >= 15 is 0 Å². The van der Waals surface area contributed by atoms with Gasteiger partial charge in [-0.15, -0.1) is 0 Å². The van der Waals surface area contributed by atoms with Gasteiger partial charge in [0, 0.05) is 12.3 Å². The first kappa shape index (κ1) is 24.2. The van der Waals surface area contributed by atoms with Gasteiger partial charge >= 0.3 is 0 Å². The fourth-order valence-corrected chi connectivity index (χ4v) is 3.36. The minimum absolute atomic E-state index is 0.733. The molecule has 2 aromatic rings. The van der Waals surface area contributed by atoms with E-state index in [2.05, 4.69) is 17.5 Å². The largest absolute Gasteiger partial charge is 0.497 e. The maximum absolute atomic E-state index is 5.80. The fraction of sp³-hybridized carbons (Fsp3) is 0.500. The Morgan fingerprint density at radius 3 is 1.37 bits per heavy atom. The SMILES string of the molecule is COc1ccc(OCCCCN(CCS)CCCCOc2ccc(OC)cc2)cc1. The highest BCUT2D eigenvalue weighted by molar-refractivity contribution is 7.80. The van der Waals surface area contributed by atoms with Crippen molar-refractivity contribution >= 4 is 12.6 Å². The van der Waals surface area contributed by atoms with Gasteiger partial charge in [0.15, 0.2) is 0 Å². The maximum atomic E-state index is 5.80. The van der Waals surface area contributed by atoms with Crippen LogP contribution in [0.5, 0.6) is 23.0 Å². The van der Waals surface area contributed by atoms with E-state index in [0.29, 0.717) is 0 Å². The van der Waals surface area contributed by atoms with Crippen LogP contribution in [0.3, 0.4) is 0 Å². The molecule has 0 radical (unpaired) electrons. The number of rotatable bonds is 16. The molecule has 0 saturated heterocycles. The summed E-state index contributed by atoms with van der Waals surface area (Å²) in [5.41, 5.74) is 0. The van der Waals surface area contributed by atoms with Crippen molar-refractivity contribution in [3.8, 4) is 23.0 Å². The van der Waals surface area contributed by atoms with Gasteiger partial charge in [0.05, 0.1) is 27.4 Å². The van der Waals surface area contributed by atoms with Crippen LogP contribution in [0.25, 0.3) is 0 Å². The molecule has 0 saturated carbocycles. The molecule has 0 amide bonds. The van der Waals surface area contributed by atoms with Crippen molar-refractivity contribution in [2.45, 2.75) is 25.7 Å². The first-order valence-electron chi connectivity index (χ1n) is 10.6. The van der Waals surface area contributed by atoms with Crippen molar-refractivity contribution in [3.63, 3.8) is 0 Å². The third-order valence-corrected chi connectivity index (χ3v) is 5.01. The third kappa shape index (κ3) is 9.63. The molecule has 0 aliphatic heterocycles. The molecule has 0 N–H and O–H groups in total. The zero-order valence-corrected chi connectivity index (χ0v) is 19.1. The van der Waals surface area contributed by atoms with E-state index in [1.54, 1.807) is 14.2 Å². The topological polar surface area (TPSA) is 40.2 Å². The highest BCUT2D eigenvalue weighted by Gasteiger charge is 2.04. The van der Waals surface area contributed by atoms with E-state index in [9.17, 15) is 0 Å². The van der Waals surface area contributed by atoms with Crippen molar-refractivity contribution in [2.75, 3.05) is 52.8 Å². The van der Waals surface area contributed by atoms with Crippen LogP contribution < -0.4 is 18.9 Å². The van der Waals surface area contributed by atoms with Gasteiger partial charge in [0.25, 0.3) is 0 Å². The van der Waals surface area contributed by atoms with Crippen LogP contribution in [0, 0.1) is 0 Å². The van der Waals surface area contributed by atoms with Crippen LogP contribution in [-0.2, 0) is 0 Å². The molecule has 0 aliphatic carbocycles. The average molecular weight is 434 g/mol. The molecule has 0 atom stereocenters. The molecule has 0 heterocycles. The van der Waals surface area contributed by atoms with Crippen molar-refractivity contribution < 1.29 is 18.9 Å². The van der Waals surface area contributed by atoms with Gasteiger partial charge in [-0.1, -0.05) is 0 Å². The number of benzene rings is 2. The second-order valence-corrected chi connectivity index (χ2v) is 7.47. The summed E-state index contributed by atoms with van der Waals surface area (Å²) >= 11 is 4.40. The Balaban J connectivity index is 1.54. The molecule has 2 aromatic carbocycles. The Bertz CT molecular complexity index is 621. The van der Waals surface area contributed by atoms with Crippen molar-refractivity contribution in [1.82, 2.24) is 4.90 Å². The van der Waals surface area contributed by atoms with Gasteiger partial charge < -0.3 is 23.8 Å². The molecule has 30 heavy (non-hydrogen) atoms. The summed E-state index contributed by atoms with van der Waals surface area (Å²) in [5.74, 6) is 4.35. The summed E-state index contributed by atoms with van der Waals surface area (Å²) in [6.45, 7) is 4.63. The fourth-order valence-electron chi connectivity index (χ4n) is 3.08. The molecular weight excluding hydrogens is 398 g/mol. The van der Waals surface area contributed by atoms with Crippen LogP contribution in [0.15, 0.2) is 48.5 Å². The number of hydrogen-bond acceptors (Lipinski definition) is 6. The zero-order valence-electron chi connectivity index (χ0n) is 18.2. The van der Waals surface area contributed by atoms with Crippen LogP contribution in [0.4, 0.5) is 0 Å². The number of unbranched alkanes of at least 4 members (excludes halogenated alkanes) is 2. The zero-order chi connectivity index (χ0) is 21.4. The predicted molar refractivity (Wildman–Crippen MR) is 126 cm³/mol. The lowest BCUT2D eigenvalue weighted by Crippen LogP contribution is -2.28. The highest BCUT2D eigenvalue weighted by Crippen LogP contribution is 2.18. The van der Waals surface area contributed by atoms with E-state index in [1.165, 1.54) is 0 Å². The summed E-state index contributed by atoms with van der Waals surface area (Å²) in [5, 5.41) is 0. The smallest absolute Gasteiger partial charge is 0.119 e. The minimum Gasteiger partial charge on any atom is -0.497 e. The number of hydrogen-bond donors (Lipinski definition) is 1. The summed E-state index contributed by atoms with van der Waals surface area (Å²) < 4.78 is 21.9. The number of nitrogens with zero attached hydrogens (tertiary/aromatic N) is 1. The van der Waals surface area contributed by atoms with Crippen LogP contribution >= 0.6 is 12.6 Å². The normalized spacial score (nSPS) is 10.8. The average Bonchev–Trinajstić information content (AvgIpc) is 2.79. The lowest BCUT2D eigenvalue weighted by Gasteiger charge is -2.21. The molecule has 0 aromatic heterocycles. The second-order valence-electron chi connectivity index (χ2n) is 7.03. The Morgan fingerprint density at radius 1 is 0.600 bits per heavy atom. The van der Waals surface area contributed by atoms with Crippen molar-refractivity contribution in [2.24, 2.45) is 0 Å². The van der Waals surface area contributed by atoms with Crippen LogP contribution in [0.2, 0.25) is 0 Å². The number of methoxy groups -OCH3 is 2. The first-order valence-corrected chi connectivity index (χ1v) is 11.3. The maximum Gasteiger partial charge on any atom is 0.119 e. The molecule has 2 rings (SSSR count). The first-order chi connectivity index (χ1) is 14.7. The van der Waals surface area contributed by atoms with Gasteiger partial charge in [0.1, 0.15) is 23.0 Å². The Morgan fingerprint density at radius 2 is 1.00 bits per heavy atom. The quantitative estimate of drug-likeness (QED) is 0.299. The van der Waals surface area contributed by atoms with Gasteiger partial charge in [-0.05, 0) is 87.3 Å². The monoisotopic (exact) mass is 433 g/mol. The summed E-state index contributed by atoms with van der Waals surface area (Å²) in [4.78, 5) is 2.48. The molecule has 166 valence electrons. The van der Waals surface area contributed by atoms with E-state index in [-0.39, 0.29) is 0 Å². The summed E-state index contributed by atoms with van der Waals surface area (Å²) in [7, 11) is 3.33. The Labute approximate surface area is 186 Å². The lowest BCUT2D eigenvalue weighted by atomic mass is 10.2. The van der Waals surface area contributed by atoms with Gasteiger partial charge in [-0.3, -0.25) is 0 Å². The van der Waals surface area contributed by atoms with E-state index in [4.69, 9.17) is 18.9 Å². The van der Waals surface area contributed by atoms with E-state index in [0.717, 1.165) is 87.3 Å². The van der Waals surface area contributed by atoms with Crippen molar-refractivity contribution in [1.29, 1.82) is 0 Å². The summed E-state index contributed by atoms with van der Waals surface area (Å²) in [6, 6.07) is 15.5. The Hall–Kier alpha value is -2.05. The van der Waals surface area contributed by atoms with Gasteiger partial charge in [-0.25, -0.2) is 0 Å². The van der Waals surface area contributed by atoms with Crippen molar-refractivity contribution in [3.05, 3.63) is 48.5 Å². The second kappa shape index (κ2) is 14.9.